The van der Waals surface area contributed by atoms with Crippen molar-refractivity contribution >= 4 is 29.2 Å². The van der Waals surface area contributed by atoms with Gasteiger partial charge in [0.25, 0.3) is 0 Å². The molecular formula is C11H6BNO. The average molecular weight is 179 g/mol. The summed E-state index contributed by atoms with van der Waals surface area (Å²) in [7, 11) is 3.76. The van der Waals surface area contributed by atoms with Gasteiger partial charge in [-0.3, -0.25) is 0 Å². The number of hydrogen-bond donors (Lipinski definition) is 0. The van der Waals surface area contributed by atoms with Gasteiger partial charge in [0.2, 0.25) is 0 Å². The molecular weight excluding hydrogens is 173 g/mol. The third-order valence-electron chi connectivity index (χ3n) is 2.60. The van der Waals surface area contributed by atoms with Gasteiger partial charge in [0.1, 0.15) is 0 Å². The van der Waals surface area contributed by atoms with Gasteiger partial charge >= 0.3 is 79.9 Å². The fourth-order valence-corrected chi connectivity index (χ4v) is 1.92. The van der Waals surface area contributed by atoms with Crippen LogP contribution in [0.5, 0.6) is 0 Å². The van der Waals surface area contributed by atoms with Gasteiger partial charge in [-0.05, 0) is 0 Å². The molecule has 0 amide bonds. The molecule has 2 aromatic carbocycles. The van der Waals surface area contributed by atoms with Gasteiger partial charge in [0.15, 0.2) is 0 Å². The zero-order chi connectivity index (χ0) is 9.71. The first-order chi connectivity index (χ1) is 6.79. The molecule has 0 aliphatic heterocycles. The van der Waals surface area contributed by atoms with Crippen molar-refractivity contribution in [2.45, 2.75) is 0 Å². The molecule has 64 valence electrons. The van der Waals surface area contributed by atoms with Crippen molar-refractivity contribution in [3.63, 3.8) is 0 Å². The Morgan fingerprint density at radius 3 is 2.93 bits per heavy atom. The van der Waals surface area contributed by atoms with Gasteiger partial charge in [0, 0.05) is 0 Å². The molecule has 0 unspecified atom stereocenters. The van der Waals surface area contributed by atoms with Crippen LogP contribution in [0.3, 0.4) is 0 Å². The van der Waals surface area contributed by atoms with Crippen molar-refractivity contribution < 1.29 is 0 Å². The summed E-state index contributed by atoms with van der Waals surface area (Å²) in [6, 6.07) is 7.61. The Morgan fingerprint density at radius 1 is 1.21 bits per heavy atom. The molecule has 0 aliphatic rings. The van der Waals surface area contributed by atoms with E-state index in [2.05, 4.69) is 12.5 Å². The first-order valence-corrected chi connectivity index (χ1v) is 4.41. The molecule has 3 rings (SSSR count). The molecule has 3 heteroatoms. The maximum atomic E-state index is 11.7. The van der Waals surface area contributed by atoms with Crippen LogP contribution in [0.4, 0.5) is 0 Å². The number of hydrogen-bond acceptors (Lipinski definition) is 2. The zero-order valence-electron chi connectivity index (χ0n) is 7.45. The summed E-state index contributed by atoms with van der Waals surface area (Å²) in [5, 5.41) is 3.25. The molecule has 0 aliphatic carbocycles. The summed E-state index contributed by atoms with van der Waals surface area (Å²) in [6.45, 7) is 0. The van der Waals surface area contributed by atoms with Crippen LogP contribution in [0.15, 0.2) is 35.3 Å². The Labute approximate surface area is 80.6 Å². The van der Waals surface area contributed by atoms with Crippen LogP contribution < -0.4 is 5.43 Å². The van der Waals surface area contributed by atoms with Crippen molar-refractivity contribution in [2.24, 2.45) is 0 Å². The second-order valence-corrected chi connectivity index (χ2v) is 3.37. The zero-order valence-corrected chi connectivity index (χ0v) is 7.45. The quantitative estimate of drug-likeness (QED) is 0.483. The third-order valence-corrected chi connectivity index (χ3v) is 2.60. The summed E-state index contributed by atoms with van der Waals surface area (Å²) in [5.74, 6) is 0. The topological polar surface area (TPSA) is 30.0 Å². The van der Waals surface area contributed by atoms with E-state index in [4.69, 9.17) is 0 Å². The first kappa shape index (κ1) is 7.62. The van der Waals surface area contributed by atoms with Crippen LogP contribution in [0.1, 0.15) is 0 Å². The molecule has 1 heterocycles. The fourth-order valence-electron chi connectivity index (χ4n) is 1.92. The SMILES string of the molecule is B=c1c(=O)c2cccc3ccnc1c32. The number of benzene rings is 1. The number of rotatable bonds is 0. The summed E-state index contributed by atoms with van der Waals surface area (Å²) in [4.78, 5) is 15.9. The first-order valence-electron chi connectivity index (χ1n) is 4.41. The van der Waals surface area contributed by atoms with Crippen LogP contribution >= 0.6 is 0 Å². The Balaban J connectivity index is 2.91. The van der Waals surface area contributed by atoms with Crippen LogP contribution in [-0.4, -0.2) is 12.5 Å². The molecule has 0 radical (unpaired) electrons. The van der Waals surface area contributed by atoms with Gasteiger partial charge in [-0.1, -0.05) is 0 Å². The molecule has 14 heavy (non-hydrogen) atoms. The van der Waals surface area contributed by atoms with Crippen molar-refractivity contribution in [3.8, 4) is 0 Å². The van der Waals surface area contributed by atoms with Gasteiger partial charge in [-0.2, -0.15) is 0 Å². The van der Waals surface area contributed by atoms with Gasteiger partial charge in [0.05, 0.1) is 0 Å². The number of pyridine rings is 1. The standard InChI is InChI=1S/C11H6BNO/c12-9-10-8-6(4-5-13-10)2-1-3-7(8)11(9)14/h1-5,12H. The van der Waals surface area contributed by atoms with Crippen LogP contribution in [0, 0.1) is 5.11 Å². The monoisotopic (exact) mass is 179 g/mol. The van der Waals surface area contributed by atoms with Crippen molar-refractivity contribution in [1.82, 2.24) is 4.98 Å². The summed E-state index contributed by atoms with van der Waals surface area (Å²) in [6.07, 6.45) is 1.71. The molecule has 0 atom stereocenters. The van der Waals surface area contributed by atoms with E-state index in [0.29, 0.717) is 5.11 Å². The van der Waals surface area contributed by atoms with E-state index in [1.807, 2.05) is 24.3 Å². The third kappa shape index (κ3) is 0.745. The van der Waals surface area contributed by atoms with Gasteiger partial charge in [-0.25, -0.2) is 0 Å². The van der Waals surface area contributed by atoms with Crippen molar-refractivity contribution in [3.05, 3.63) is 45.8 Å². The normalized spacial score (nSPS) is 11.4. The average Bonchev–Trinajstić information content (AvgIpc) is 2.47. The molecule has 3 aromatic rings. The Hall–Kier alpha value is -1.77. The van der Waals surface area contributed by atoms with E-state index >= 15 is 0 Å². The predicted molar refractivity (Wildman–Crippen MR) is 58.3 cm³/mol. The number of nitrogens with zero attached hydrogens (tertiary/aromatic N) is 1. The molecule has 1 aromatic heterocycles. The summed E-state index contributed by atoms with van der Waals surface area (Å²) < 4.78 is 0. The molecule has 0 saturated carbocycles. The Bertz CT molecular complexity index is 664. The van der Waals surface area contributed by atoms with E-state index in [1.54, 1.807) is 6.20 Å². The predicted octanol–water partition coefficient (Wildman–Crippen LogP) is 1.06. The van der Waals surface area contributed by atoms with Crippen molar-refractivity contribution in [1.29, 1.82) is 0 Å². The molecule has 0 bridgehead atoms. The van der Waals surface area contributed by atoms with Crippen LogP contribution in [-0.2, 0) is 0 Å². The minimum absolute atomic E-state index is 0.00398. The summed E-state index contributed by atoms with van der Waals surface area (Å²) >= 11 is 0. The van der Waals surface area contributed by atoms with Crippen LogP contribution in [0.25, 0.3) is 21.7 Å². The van der Waals surface area contributed by atoms with E-state index in [0.717, 1.165) is 21.7 Å². The second-order valence-electron chi connectivity index (χ2n) is 3.37. The molecule has 0 saturated heterocycles. The molecule has 0 fully saturated rings. The van der Waals surface area contributed by atoms with Gasteiger partial charge < -0.3 is 0 Å². The van der Waals surface area contributed by atoms with Crippen LogP contribution in [0.2, 0.25) is 0 Å². The van der Waals surface area contributed by atoms with E-state index < -0.39 is 0 Å². The fraction of sp³-hybridized carbons (Fsp3) is 0. The number of aromatic nitrogens is 1. The van der Waals surface area contributed by atoms with E-state index in [1.165, 1.54) is 0 Å². The van der Waals surface area contributed by atoms with Crippen molar-refractivity contribution in [2.75, 3.05) is 0 Å². The molecule has 2 nitrogen and oxygen atoms in total. The van der Waals surface area contributed by atoms with Gasteiger partial charge in [-0.15, -0.1) is 0 Å². The molecule has 0 N–H and O–H groups in total. The Kier molecular flexibility index (Phi) is 1.30. The van der Waals surface area contributed by atoms with E-state index in [-0.39, 0.29) is 5.43 Å². The summed E-state index contributed by atoms with van der Waals surface area (Å²) in [5.41, 5.74) is 0.743. The molecule has 0 spiro atoms. The Morgan fingerprint density at radius 2 is 2.07 bits per heavy atom. The minimum atomic E-state index is 0.00398. The van der Waals surface area contributed by atoms with E-state index in [9.17, 15) is 4.79 Å². The second kappa shape index (κ2) is 2.38. The maximum absolute atomic E-state index is 11.7.